The number of esters is 1. The zero-order valence-corrected chi connectivity index (χ0v) is 41.2. The second-order valence-corrected chi connectivity index (χ2v) is 19.4. The predicted molar refractivity (Wildman–Crippen MR) is 297 cm³/mol. The van der Waals surface area contributed by atoms with Crippen LogP contribution in [-0.2, 0) is 47.8 Å². The minimum absolute atomic E-state index is 0.0262. The van der Waals surface area contributed by atoms with Crippen LogP contribution in [0.4, 0.5) is 0 Å². The van der Waals surface area contributed by atoms with E-state index < -0.39 is 44.9 Å². The molecule has 0 spiro atoms. The molecule has 4 nitrogen and oxygen atoms in total. The van der Waals surface area contributed by atoms with Gasteiger partial charge in [0.15, 0.2) is 0 Å². The first-order chi connectivity index (χ1) is 36.5. The molecule has 1 saturated carbocycles. The number of rotatable bonds is 14. The van der Waals surface area contributed by atoms with E-state index in [1.807, 2.05) is 121 Å². The smallest absolute Gasteiger partial charge is 0.318 e. The third kappa shape index (κ3) is 6.82. The van der Waals surface area contributed by atoms with Gasteiger partial charge in [0.25, 0.3) is 0 Å². The van der Waals surface area contributed by atoms with Gasteiger partial charge in [-0.05, 0) is 55.6 Å². The van der Waals surface area contributed by atoms with Gasteiger partial charge in [0.1, 0.15) is 10.8 Å². The molecule has 0 heterocycles. The van der Waals surface area contributed by atoms with Crippen LogP contribution in [0.3, 0.4) is 0 Å². The lowest BCUT2D eigenvalue weighted by atomic mass is 9.21. The minimum Gasteiger partial charge on any atom is -0.465 e. The van der Waals surface area contributed by atoms with E-state index in [2.05, 4.69) is 182 Å². The maximum Gasteiger partial charge on any atom is 0.318 e. The van der Waals surface area contributed by atoms with Crippen LogP contribution in [0.5, 0.6) is 0 Å². The third-order valence-electron chi connectivity index (χ3n) is 16.2. The van der Waals surface area contributed by atoms with Gasteiger partial charge in [0.05, 0.1) is 12.0 Å². The predicted octanol–water partition coefficient (Wildman–Crippen LogP) is 13.9. The number of carbonyl (C=O) groups is 2. The fourth-order valence-corrected chi connectivity index (χ4v) is 14.1. The Hall–Kier alpha value is -8.86. The SMILES string of the molecule is NC(=O)C1(c2ccccc2)C(C(=O)OCCc2ccccc2)(c2ccccc2)C(c2ccccc2)C(c2ccccc2)(c2ccccc2)C(c2ccccc2)(c2ccccc2)C1(c1ccccc1)c1ccccc1. The Morgan fingerprint density at radius 3 is 1.01 bits per heavy atom. The van der Waals surface area contributed by atoms with Crippen LogP contribution in [0.2, 0.25) is 0 Å². The maximum absolute atomic E-state index is 17.9. The van der Waals surface area contributed by atoms with Crippen LogP contribution in [-0.4, -0.2) is 18.5 Å². The molecule has 10 aromatic rings. The molecule has 1 amide bonds. The van der Waals surface area contributed by atoms with Gasteiger partial charge in [-0.15, -0.1) is 0 Å². The second kappa shape index (κ2) is 20.0. The molecule has 3 atom stereocenters. The van der Waals surface area contributed by atoms with Crippen LogP contribution < -0.4 is 5.73 Å². The molecule has 1 aliphatic carbocycles. The Morgan fingerprint density at radius 1 is 0.351 bits per heavy atom. The van der Waals surface area contributed by atoms with Gasteiger partial charge in [0.2, 0.25) is 5.91 Å². The van der Waals surface area contributed by atoms with Gasteiger partial charge in [-0.1, -0.05) is 303 Å². The molecule has 0 radical (unpaired) electrons. The molecule has 2 N–H and O–H groups in total. The first-order valence-electron chi connectivity index (χ1n) is 25.5. The maximum atomic E-state index is 17.9. The summed E-state index contributed by atoms with van der Waals surface area (Å²) in [5.41, 5.74) is 7.33. The average Bonchev–Trinajstić information content (AvgIpc) is 3.55. The summed E-state index contributed by atoms with van der Waals surface area (Å²) < 4.78 is 7.18. The van der Waals surface area contributed by atoms with Crippen molar-refractivity contribution in [2.45, 2.75) is 39.4 Å². The summed E-state index contributed by atoms with van der Waals surface area (Å²) >= 11 is 0. The molecule has 74 heavy (non-hydrogen) atoms. The average molecular weight is 960 g/mol. The van der Waals surface area contributed by atoms with Crippen molar-refractivity contribution in [2.24, 2.45) is 5.73 Å². The fraction of sp³-hybridized carbons (Fsp3) is 0.114. The van der Waals surface area contributed by atoms with E-state index in [0.29, 0.717) is 17.5 Å². The van der Waals surface area contributed by atoms with E-state index in [1.54, 1.807) is 0 Å². The van der Waals surface area contributed by atoms with Crippen molar-refractivity contribution < 1.29 is 14.3 Å². The summed E-state index contributed by atoms with van der Waals surface area (Å²) in [6.45, 7) is 0.0262. The molecule has 0 bridgehead atoms. The number of ether oxygens (including phenoxy) is 1. The summed E-state index contributed by atoms with van der Waals surface area (Å²) in [6.07, 6.45) is 0.436. The lowest BCUT2D eigenvalue weighted by Crippen LogP contribution is -2.86. The van der Waals surface area contributed by atoms with Gasteiger partial charge in [-0.3, -0.25) is 9.59 Å². The summed E-state index contributed by atoms with van der Waals surface area (Å²) in [6, 6.07) is 104. The van der Waals surface area contributed by atoms with Crippen molar-refractivity contribution in [3.05, 3.63) is 359 Å². The Kier molecular flexibility index (Phi) is 12.8. The van der Waals surface area contributed by atoms with E-state index in [4.69, 9.17) is 10.5 Å². The fourth-order valence-electron chi connectivity index (χ4n) is 14.1. The topological polar surface area (TPSA) is 69.4 Å². The number of hydrogen-bond donors (Lipinski definition) is 1. The molecule has 0 saturated heterocycles. The van der Waals surface area contributed by atoms with Crippen LogP contribution >= 0.6 is 0 Å². The Bertz CT molecular complexity index is 3320. The zero-order valence-electron chi connectivity index (χ0n) is 41.2. The molecule has 10 aromatic carbocycles. The number of nitrogens with two attached hydrogens (primary N) is 1. The van der Waals surface area contributed by atoms with Crippen molar-refractivity contribution in [3.8, 4) is 0 Å². The largest absolute Gasteiger partial charge is 0.465 e. The van der Waals surface area contributed by atoms with Gasteiger partial charge in [0, 0.05) is 23.2 Å². The van der Waals surface area contributed by atoms with Crippen LogP contribution in [0.15, 0.2) is 303 Å². The van der Waals surface area contributed by atoms with Crippen LogP contribution in [0, 0.1) is 0 Å². The van der Waals surface area contributed by atoms with Crippen molar-refractivity contribution in [2.75, 3.05) is 6.61 Å². The summed E-state index contributed by atoms with van der Waals surface area (Å²) in [5.74, 6) is -2.27. The summed E-state index contributed by atoms with van der Waals surface area (Å²) in [4.78, 5) is 35.4. The molecule has 0 aliphatic heterocycles. The van der Waals surface area contributed by atoms with E-state index in [-0.39, 0.29) is 6.61 Å². The number of benzene rings is 10. The lowest BCUT2D eigenvalue weighted by molar-refractivity contribution is -0.172. The number of carbonyl (C=O) groups excluding carboxylic acids is 2. The molecule has 4 heteroatoms. The van der Waals surface area contributed by atoms with Gasteiger partial charge in [-0.25, -0.2) is 0 Å². The van der Waals surface area contributed by atoms with E-state index in [0.717, 1.165) is 44.5 Å². The highest BCUT2D eigenvalue weighted by molar-refractivity contribution is 6.05. The Balaban J connectivity index is 1.56. The zero-order chi connectivity index (χ0) is 50.5. The van der Waals surface area contributed by atoms with Gasteiger partial charge >= 0.3 is 5.97 Å². The first kappa shape index (κ1) is 47.5. The van der Waals surface area contributed by atoms with Crippen LogP contribution in [0.25, 0.3) is 0 Å². The molecule has 1 fully saturated rings. The molecule has 360 valence electrons. The van der Waals surface area contributed by atoms with E-state index >= 15 is 9.59 Å². The number of hydrogen-bond acceptors (Lipinski definition) is 3. The number of amides is 1. The normalized spacial score (nSPS) is 19.4. The molecule has 11 rings (SSSR count). The molecule has 0 aromatic heterocycles. The summed E-state index contributed by atoms with van der Waals surface area (Å²) in [5, 5.41) is 0. The molecule has 3 unspecified atom stereocenters. The van der Waals surface area contributed by atoms with Crippen LogP contribution in [0.1, 0.15) is 61.6 Å². The Morgan fingerprint density at radius 2 is 0.649 bits per heavy atom. The second-order valence-electron chi connectivity index (χ2n) is 19.4. The highest BCUT2D eigenvalue weighted by atomic mass is 16.5. The molecular weight excluding hydrogens is 903 g/mol. The lowest BCUT2D eigenvalue weighted by Gasteiger charge is -2.77. The monoisotopic (exact) mass is 959 g/mol. The quantitative estimate of drug-likeness (QED) is 0.110. The molecule has 1 aliphatic rings. The van der Waals surface area contributed by atoms with E-state index in [9.17, 15) is 0 Å². The highest BCUT2D eigenvalue weighted by Crippen LogP contribution is 2.82. The first-order valence-corrected chi connectivity index (χ1v) is 25.5. The summed E-state index contributed by atoms with van der Waals surface area (Å²) in [7, 11) is 0. The van der Waals surface area contributed by atoms with Gasteiger partial charge < -0.3 is 10.5 Å². The van der Waals surface area contributed by atoms with Crippen molar-refractivity contribution in [1.82, 2.24) is 0 Å². The number of primary amides is 1. The standard InChI is InChI=1S/C70H57NO3/c71-64(72)70(62-49-29-10-30-50-62)67(57-39-19-5-20-40-57,65(73)74-52-51-53-31-11-1-12-32-53)63(54-33-13-2-14-34-54)66(55-35-15-3-16-36-55,56-37-17-4-18-38-56)68(58-41-21-6-22-42-58,59-43-23-7-24-44-59)69(70,60-45-25-8-26-46-60)61-47-27-9-28-48-61/h1-50,63H,51-52H2,(H2,71,72). The van der Waals surface area contributed by atoms with E-state index in [1.165, 1.54) is 0 Å². The molecular formula is C70H57NO3. The van der Waals surface area contributed by atoms with Crippen molar-refractivity contribution in [3.63, 3.8) is 0 Å². The minimum atomic E-state index is -2.12. The van der Waals surface area contributed by atoms with Gasteiger partial charge in [-0.2, -0.15) is 0 Å². The Labute approximate surface area is 434 Å². The van der Waals surface area contributed by atoms with Crippen molar-refractivity contribution >= 4 is 11.9 Å². The third-order valence-corrected chi connectivity index (χ3v) is 16.2. The highest BCUT2D eigenvalue weighted by Gasteiger charge is 2.89. The van der Waals surface area contributed by atoms with Crippen molar-refractivity contribution in [1.29, 1.82) is 0 Å².